The van der Waals surface area contributed by atoms with E-state index in [0.717, 1.165) is 15.2 Å². The molecule has 0 saturated heterocycles. The highest BCUT2D eigenvalue weighted by Gasteiger charge is 2.02. The van der Waals surface area contributed by atoms with Gasteiger partial charge in [-0.1, -0.05) is 49.3 Å². The Morgan fingerprint density at radius 3 is 2.82 bits per heavy atom. The van der Waals surface area contributed by atoms with Gasteiger partial charge in [0.1, 0.15) is 0 Å². The van der Waals surface area contributed by atoms with Crippen molar-refractivity contribution in [3.05, 3.63) is 0 Å². The van der Waals surface area contributed by atoms with Gasteiger partial charge in [0.2, 0.25) is 5.13 Å². The van der Waals surface area contributed by atoms with Crippen LogP contribution in [0, 0.1) is 0 Å². The average molecular weight is 272 g/mol. The van der Waals surface area contributed by atoms with Crippen molar-refractivity contribution in [2.45, 2.75) is 36.9 Å². The second-order valence-corrected chi connectivity index (χ2v) is 6.27. The van der Waals surface area contributed by atoms with E-state index in [2.05, 4.69) is 22.1 Å². The second-order valence-electron chi connectivity index (χ2n) is 3.97. The zero-order chi connectivity index (χ0) is 12.5. The van der Waals surface area contributed by atoms with Crippen LogP contribution in [0.1, 0.15) is 32.6 Å². The van der Waals surface area contributed by atoms with E-state index >= 15 is 0 Å². The van der Waals surface area contributed by atoms with Gasteiger partial charge in [0.05, 0.1) is 6.34 Å². The minimum Gasteiger partial charge on any atom is -0.369 e. The molecule has 0 N–H and O–H groups in total. The van der Waals surface area contributed by atoms with Gasteiger partial charge in [-0.2, -0.15) is 0 Å². The molecule has 0 unspecified atom stereocenters. The number of thioether (sulfide) groups is 1. The van der Waals surface area contributed by atoms with Crippen molar-refractivity contribution in [3.8, 4) is 0 Å². The molecule has 0 fully saturated rings. The summed E-state index contributed by atoms with van der Waals surface area (Å²) in [6, 6.07) is 0. The zero-order valence-electron chi connectivity index (χ0n) is 10.7. The number of hydrogen-bond acceptors (Lipinski definition) is 5. The molecule has 1 rings (SSSR count). The molecule has 1 aromatic rings. The smallest absolute Gasteiger partial charge is 0.233 e. The fraction of sp³-hybridized carbons (Fsp3) is 0.727. The largest absolute Gasteiger partial charge is 0.369 e. The predicted octanol–water partition coefficient (Wildman–Crippen LogP) is 3.43. The van der Waals surface area contributed by atoms with Crippen LogP contribution >= 0.6 is 23.1 Å². The highest BCUT2D eigenvalue weighted by atomic mass is 32.2. The molecule has 0 bridgehead atoms. The topological polar surface area (TPSA) is 41.4 Å². The summed E-state index contributed by atoms with van der Waals surface area (Å²) in [5, 5.41) is 8.87. The van der Waals surface area contributed by atoms with Crippen LogP contribution in [0.3, 0.4) is 0 Å². The van der Waals surface area contributed by atoms with Crippen LogP contribution in [0.25, 0.3) is 0 Å². The van der Waals surface area contributed by atoms with E-state index in [1.54, 1.807) is 29.4 Å². The van der Waals surface area contributed by atoms with Crippen LogP contribution in [-0.4, -0.2) is 41.3 Å². The summed E-state index contributed by atoms with van der Waals surface area (Å²) in [5.41, 5.74) is 0. The maximum atomic E-state index is 4.22. The molecule has 0 aliphatic heterocycles. The minimum absolute atomic E-state index is 0.731. The highest BCUT2D eigenvalue weighted by Crippen LogP contribution is 2.27. The van der Waals surface area contributed by atoms with E-state index in [4.69, 9.17) is 0 Å². The van der Waals surface area contributed by atoms with Crippen molar-refractivity contribution in [1.82, 2.24) is 15.1 Å². The van der Waals surface area contributed by atoms with Crippen molar-refractivity contribution in [2.75, 3.05) is 19.8 Å². The molecule has 0 aliphatic carbocycles. The Kier molecular flexibility index (Phi) is 7.19. The van der Waals surface area contributed by atoms with Gasteiger partial charge in [0.15, 0.2) is 4.34 Å². The first-order valence-electron chi connectivity index (χ1n) is 5.89. The monoisotopic (exact) mass is 272 g/mol. The Morgan fingerprint density at radius 2 is 2.12 bits per heavy atom. The summed E-state index contributed by atoms with van der Waals surface area (Å²) in [6.07, 6.45) is 6.93. The third kappa shape index (κ3) is 6.63. The number of unbranched alkanes of at least 4 members (excludes halogenated alkanes) is 3. The van der Waals surface area contributed by atoms with Gasteiger partial charge in [-0.25, -0.2) is 4.99 Å². The molecule has 17 heavy (non-hydrogen) atoms. The van der Waals surface area contributed by atoms with Gasteiger partial charge in [-0.05, 0) is 6.42 Å². The average Bonchev–Trinajstić information content (AvgIpc) is 2.74. The molecule has 0 saturated carbocycles. The van der Waals surface area contributed by atoms with Crippen molar-refractivity contribution >= 4 is 34.6 Å². The lowest BCUT2D eigenvalue weighted by Crippen LogP contribution is -2.06. The number of hydrogen-bond donors (Lipinski definition) is 0. The number of rotatable bonds is 8. The summed E-state index contributed by atoms with van der Waals surface area (Å²) in [4.78, 5) is 6.10. The van der Waals surface area contributed by atoms with Gasteiger partial charge in [-0.3, -0.25) is 0 Å². The summed E-state index contributed by atoms with van der Waals surface area (Å²) < 4.78 is 1.02. The molecule has 1 aromatic heterocycles. The lowest BCUT2D eigenvalue weighted by Gasteiger charge is -1.99. The Morgan fingerprint density at radius 1 is 1.29 bits per heavy atom. The molecule has 0 radical (unpaired) electrons. The summed E-state index contributed by atoms with van der Waals surface area (Å²) in [7, 11) is 3.88. The van der Waals surface area contributed by atoms with Crippen molar-refractivity contribution < 1.29 is 0 Å². The number of aromatic nitrogens is 2. The Hall–Kier alpha value is -0.620. The summed E-state index contributed by atoms with van der Waals surface area (Å²) in [6.45, 7) is 2.23. The third-order valence-corrected chi connectivity index (χ3v) is 4.07. The van der Waals surface area contributed by atoms with E-state index in [9.17, 15) is 0 Å². The van der Waals surface area contributed by atoms with E-state index in [1.165, 1.54) is 25.7 Å². The molecule has 0 spiro atoms. The maximum absolute atomic E-state index is 4.22. The first-order chi connectivity index (χ1) is 8.22. The minimum atomic E-state index is 0.731. The van der Waals surface area contributed by atoms with E-state index < -0.39 is 0 Å². The third-order valence-electron chi connectivity index (χ3n) is 2.02. The zero-order valence-corrected chi connectivity index (χ0v) is 12.4. The van der Waals surface area contributed by atoms with Gasteiger partial charge in [0, 0.05) is 19.8 Å². The fourth-order valence-electron chi connectivity index (χ4n) is 1.17. The fourth-order valence-corrected chi connectivity index (χ4v) is 2.92. The molecule has 0 aromatic carbocycles. The molecule has 0 atom stereocenters. The second kappa shape index (κ2) is 8.47. The quantitative estimate of drug-likeness (QED) is 0.315. The van der Waals surface area contributed by atoms with Crippen molar-refractivity contribution in [3.63, 3.8) is 0 Å². The molecule has 4 nitrogen and oxygen atoms in total. The van der Waals surface area contributed by atoms with Crippen molar-refractivity contribution in [1.29, 1.82) is 0 Å². The number of nitrogens with zero attached hydrogens (tertiary/aromatic N) is 4. The Bertz CT molecular complexity index is 336. The van der Waals surface area contributed by atoms with E-state index in [1.807, 2.05) is 19.0 Å². The van der Waals surface area contributed by atoms with Crippen LogP contribution in [0.5, 0.6) is 0 Å². The van der Waals surface area contributed by atoms with Crippen molar-refractivity contribution in [2.24, 2.45) is 4.99 Å². The lowest BCUT2D eigenvalue weighted by atomic mass is 10.2. The van der Waals surface area contributed by atoms with Crippen LogP contribution in [0.2, 0.25) is 0 Å². The van der Waals surface area contributed by atoms with E-state index in [-0.39, 0.29) is 0 Å². The molecular formula is C11H20N4S2. The van der Waals surface area contributed by atoms with Gasteiger partial charge >= 0.3 is 0 Å². The van der Waals surface area contributed by atoms with Crippen LogP contribution in [0.4, 0.5) is 5.13 Å². The molecule has 1 heterocycles. The summed E-state index contributed by atoms with van der Waals surface area (Å²) in [5.74, 6) is 1.13. The molecule has 0 amide bonds. The first kappa shape index (κ1) is 14.4. The van der Waals surface area contributed by atoms with Crippen LogP contribution < -0.4 is 0 Å². The van der Waals surface area contributed by atoms with Crippen LogP contribution in [-0.2, 0) is 0 Å². The Balaban J connectivity index is 2.26. The Labute approximate surface area is 112 Å². The van der Waals surface area contributed by atoms with Gasteiger partial charge < -0.3 is 4.90 Å². The normalized spacial score (nSPS) is 11.2. The van der Waals surface area contributed by atoms with Gasteiger partial charge in [-0.15, -0.1) is 10.2 Å². The predicted molar refractivity (Wildman–Crippen MR) is 76.6 cm³/mol. The molecule has 96 valence electrons. The van der Waals surface area contributed by atoms with E-state index in [0.29, 0.717) is 0 Å². The molecule has 6 heteroatoms. The SMILES string of the molecule is CCCCCCSc1nnc(/N=C/N(C)C)s1. The maximum Gasteiger partial charge on any atom is 0.233 e. The molecule has 0 aliphatic rings. The highest BCUT2D eigenvalue weighted by molar-refractivity contribution is 8.01. The lowest BCUT2D eigenvalue weighted by molar-refractivity contribution is 0.643. The molecular weight excluding hydrogens is 252 g/mol. The number of aliphatic imine (C=N–C) groups is 1. The first-order valence-corrected chi connectivity index (χ1v) is 7.69. The summed E-state index contributed by atoms with van der Waals surface area (Å²) >= 11 is 3.34. The standard InChI is InChI=1S/C11H20N4S2/c1-4-5-6-7-8-16-11-14-13-10(17-11)12-9-15(2)3/h9H,4-8H2,1-3H3/b12-9+. The van der Waals surface area contributed by atoms with Gasteiger partial charge in [0.25, 0.3) is 0 Å². The van der Waals surface area contributed by atoms with Crippen LogP contribution in [0.15, 0.2) is 9.33 Å².